The lowest BCUT2D eigenvalue weighted by molar-refractivity contribution is -0.453. The summed E-state index contributed by atoms with van der Waals surface area (Å²) in [5, 5.41) is 4.25. The first-order valence-electron chi connectivity index (χ1n) is 8.84. The van der Waals surface area contributed by atoms with Crippen molar-refractivity contribution in [2.24, 2.45) is 11.8 Å². The Morgan fingerprint density at radius 2 is 1.76 bits per heavy atom. The van der Waals surface area contributed by atoms with Gasteiger partial charge in [0.2, 0.25) is 0 Å². The summed E-state index contributed by atoms with van der Waals surface area (Å²) < 4.78 is 5.16. The van der Waals surface area contributed by atoms with Crippen LogP contribution in [0.15, 0.2) is 24.3 Å². The highest BCUT2D eigenvalue weighted by Crippen LogP contribution is 2.31. The van der Waals surface area contributed by atoms with Gasteiger partial charge in [0.05, 0.1) is 10.6 Å². The van der Waals surface area contributed by atoms with Crippen LogP contribution in [0.1, 0.15) is 62.4 Å². The van der Waals surface area contributed by atoms with Gasteiger partial charge in [-0.1, -0.05) is 39.3 Å². The second-order valence-electron chi connectivity index (χ2n) is 6.73. The summed E-state index contributed by atoms with van der Waals surface area (Å²) >= 11 is 0. The van der Waals surface area contributed by atoms with E-state index < -0.39 is 12.1 Å². The predicted molar refractivity (Wildman–Crippen MR) is 90.5 cm³/mol. The van der Waals surface area contributed by atoms with Crippen molar-refractivity contribution in [1.29, 1.82) is 0 Å². The summed E-state index contributed by atoms with van der Waals surface area (Å²) in [6.07, 6.45) is 3.37. The molecule has 0 aromatic heterocycles. The van der Waals surface area contributed by atoms with Crippen molar-refractivity contribution in [2.75, 3.05) is 0 Å². The van der Waals surface area contributed by atoms with Gasteiger partial charge in [-0.15, -0.1) is 0 Å². The maximum Gasteiger partial charge on any atom is 0.543 e. The Hall–Kier alpha value is -2.08. The monoisotopic (exact) mass is 350 g/mol. The fourth-order valence-corrected chi connectivity index (χ4v) is 2.98. The highest BCUT2D eigenvalue weighted by Gasteiger charge is 2.28. The van der Waals surface area contributed by atoms with Gasteiger partial charge in [-0.3, -0.25) is 4.89 Å². The summed E-state index contributed by atoms with van der Waals surface area (Å²) in [4.78, 5) is 32.2. The molecule has 1 aliphatic carbocycles. The van der Waals surface area contributed by atoms with Gasteiger partial charge in [-0.05, 0) is 55.2 Å². The lowest BCUT2D eigenvalue weighted by atomic mass is 9.80. The van der Waals surface area contributed by atoms with Crippen LogP contribution in [0, 0.1) is 11.8 Å². The van der Waals surface area contributed by atoms with Crippen LogP contribution in [0.25, 0.3) is 0 Å². The van der Waals surface area contributed by atoms with Crippen molar-refractivity contribution >= 4 is 12.1 Å². The Kier molecular flexibility index (Phi) is 7.25. The van der Waals surface area contributed by atoms with Crippen molar-refractivity contribution in [2.45, 2.75) is 59.0 Å². The molecule has 6 nitrogen and oxygen atoms in total. The zero-order valence-electron chi connectivity index (χ0n) is 15.0. The van der Waals surface area contributed by atoms with E-state index in [4.69, 9.17) is 4.74 Å². The van der Waals surface area contributed by atoms with E-state index >= 15 is 0 Å². The third kappa shape index (κ3) is 6.05. The first-order valence-corrected chi connectivity index (χ1v) is 8.84. The minimum absolute atomic E-state index is 0.191. The molecule has 0 spiro atoms. The van der Waals surface area contributed by atoms with E-state index in [1.807, 2.05) is 12.1 Å². The fourth-order valence-electron chi connectivity index (χ4n) is 2.98. The molecule has 0 bridgehead atoms. The van der Waals surface area contributed by atoms with Gasteiger partial charge in [-0.25, -0.2) is 14.5 Å². The van der Waals surface area contributed by atoms with E-state index in [-0.39, 0.29) is 6.10 Å². The third-order valence-corrected chi connectivity index (χ3v) is 4.75. The van der Waals surface area contributed by atoms with Gasteiger partial charge in [0, 0.05) is 0 Å². The Labute approximate surface area is 148 Å². The van der Waals surface area contributed by atoms with Gasteiger partial charge in [0.25, 0.3) is 0 Å². The van der Waals surface area contributed by atoms with Crippen LogP contribution in [-0.4, -0.2) is 18.2 Å². The van der Waals surface area contributed by atoms with Crippen molar-refractivity contribution in [3.63, 3.8) is 0 Å². The van der Waals surface area contributed by atoms with Crippen LogP contribution >= 0.6 is 0 Å². The summed E-state index contributed by atoms with van der Waals surface area (Å²) in [7, 11) is 0. The number of hydrogen-bond acceptors (Lipinski definition) is 6. The number of benzene rings is 1. The van der Waals surface area contributed by atoms with Crippen LogP contribution in [0.3, 0.4) is 0 Å². The molecule has 138 valence electrons. The van der Waals surface area contributed by atoms with E-state index in [9.17, 15) is 9.59 Å². The Balaban J connectivity index is 1.69. The van der Waals surface area contributed by atoms with Crippen molar-refractivity contribution in [3.8, 4) is 0 Å². The molecule has 3 unspecified atom stereocenters. The second kappa shape index (κ2) is 9.42. The molecule has 0 radical (unpaired) electrons. The number of ether oxygens (including phenoxy) is 1. The molecule has 0 heterocycles. The Bertz CT molecular complexity index is 568. The fraction of sp³-hybridized carbons (Fsp3) is 0.579. The van der Waals surface area contributed by atoms with E-state index in [1.165, 1.54) is 0 Å². The average molecular weight is 350 g/mol. The lowest BCUT2D eigenvalue weighted by Crippen LogP contribution is -2.29. The van der Waals surface area contributed by atoms with Crippen LogP contribution < -0.4 is 0 Å². The third-order valence-electron chi connectivity index (χ3n) is 4.75. The van der Waals surface area contributed by atoms with Crippen molar-refractivity contribution < 1.29 is 29.1 Å². The van der Waals surface area contributed by atoms with Crippen molar-refractivity contribution in [1.82, 2.24) is 0 Å². The van der Waals surface area contributed by atoms with Crippen LogP contribution in [0.4, 0.5) is 4.79 Å². The highest BCUT2D eigenvalue weighted by molar-refractivity contribution is 5.88. The highest BCUT2D eigenvalue weighted by atomic mass is 17.5. The van der Waals surface area contributed by atoms with Crippen LogP contribution in [-0.2, 0) is 26.0 Å². The maximum absolute atomic E-state index is 11.8. The molecule has 25 heavy (non-hydrogen) atoms. The molecule has 1 fully saturated rings. The first kappa shape index (κ1) is 19.2. The predicted octanol–water partition coefficient (Wildman–Crippen LogP) is 4.62. The molecule has 3 atom stereocenters. The molecule has 1 aromatic carbocycles. The minimum atomic E-state index is -1.00. The molecule has 1 aromatic rings. The number of rotatable bonds is 6. The van der Waals surface area contributed by atoms with Gasteiger partial charge in [0.15, 0.2) is 0 Å². The van der Waals surface area contributed by atoms with E-state index in [0.29, 0.717) is 17.4 Å². The standard InChI is InChI=1S/C19H26O6/c1-4-5-15-7-9-16(10-8-15)18(20)23-25-24-19(21)22-17-11-6-13(2)14(3)12-17/h7-10,13-14,17H,4-6,11-12H2,1-3H3. The smallest absolute Gasteiger partial charge is 0.429 e. The molecule has 1 aliphatic rings. The average Bonchev–Trinajstić information content (AvgIpc) is 2.59. The molecular weight excluding hydrogens is 324 g/mol. The van der Waals surface area contributed by atoms with Gasteiger partial charge in [-0.2, -0.15) is 0 Å². The quantitative estimate of drug-likeness (QED) is 0.423. The zero-order valence-corrected chi connectivity index (χ0v) is 15.0. The molecule has 0 amide bonds. The molecule has 0 aliphatic heterocycles. The molecule has 6 heteroatoms. The summed E-state index contributed by atoms with van der Waals surface area (Å²) in [5.74, 6) is 0.369. The van der Waals surface area contributed by atoms with E-state index in [0.717, 1.165) is 37.7 Å². The Morgan fingerprint density at radius 3 is 2.40 bits per heavy atom. The second-order valence-corrected chi connectivity index (χ2v) is 6.73. The van der Waals surface area contributed by atoms with Gasteiger partial charge < -0.3 is 4.74 Å². The van der Waals surface area contributed by atoms with E-state index in [2.05, 4.69) is 35.6 Å². The molecule has 1 saturated carbocycles. The van der Waals surface area contributed by atoms with Crippen molar-refractivity contribution in [3.05, 3.63) is 35.4 Å². The van der Waals surface area contributed by atoms with Crippen LogP contribution in [0.2, 0.25) is 0 Å². The van der Waals surface area contributed by atoms with Gasteiger partial charge in [0.1, 0.15) is 6.10 Å². The number of carbonyl (C=O) groups excluding carboxylic acids is 2. The first-order chi connectivity index (χ1) is 12.0. The van der Waals surface area contributed by atoms with E-state index in [1.54, 1.807) is 12.1 Å². The van der Waals surface area contributed by atoms with Crippen LogP contribution in [0.5, 0.6) is 0 Å². The zero-order chi connectivity index (χ0) is 18.2. The molecule has 0 saturated heterocycles. The number of aryl methyl sites for hydroxylation is 1. The molecular formula is C19H26O6. The number of carbonyl (C=O) groups is 2. The summed E-state index contributed by atoms with van der Waals surface area (Å²) in [6, 6.07) is 6.97. The topological polar surface area (TPSA) is 71.1 Å². The normalized spacial score (nSPS) is 22.9. The lowest BCUT2D eigenvalue weighted by Gasteiger charge is -2.30. The summed E-state index contributed by atoms with van der Waals surface area (Å²) in [6.45, 7) is 6.41. The SMILES string of the molecule is CCCc1ccc(C(=O)OOOC(=O)OC2CCC(C)C(C)C2)cc1. The molecule has 0 N–H and O–H groups in total. The van der Waals surface area contributed by atoms with Gasteiger partial charge >= 0.3 is 12.1 Å². The maximum atomic E-state index is 11.8. The largest absolute Gasteiger partial charge is 0.543 e. The molecule has 2 rings (SSSR count). The summed E-state index contributed by atoms with van der Waals surface area (Å²) in [5.41, 5.74) is 1.45. The minimum Gasteiger partial charge on any atom is -0.429 e. The Morgan fingerprint density at radius 1 is 1.04 bits per heavy atom. The number of hydrogen-bond donors (Lipinski definition) is 0.